The summed E-state index contributed by atoms with van der Waals surface area (Å²) in [4.78, 5) is 16.8. The highest BCUT2D eigenvalue weighted by Crippen LogP contribution is 2.13. The predicted molar refractivity (Wildman–Crippen MR) is 69.3 cm³/mol. The third-order valence-corrected chi connectivity index (χ3v) is 2.25. The number of nitrogens with two attached hydrogens (primary N) is 1. The molecule has 0 amide bonds. The van der Waals surface area contributed by atoms with Gasteiger partial charge in [-0.2, -0.15) is 0 Å². The van der Waals surface area contributed by atoms with Crippen LogP contribution in [-0.4, -0.2) is 20.8 Å². The van der Waals surface area contributed by atoms with Crippen LogP contribution in [0.2, 0.25) is 0 Å². The fourth-order valence-electron chi connectivity index (χ4n) is 1.58. The van der Waals surface area contributed by atoms with Crippen LogP contribution in [0.15, 0.2) is 35.7 Å². The molecule has 2 heterocycles. The van der Waals surface area contributed by atoms with E-state index in [4.69, 9.17) is 5.84 Å². The van der Waals surface area contributed by atoms with E-state index in [0.717, 1.165) is 11.3 Å². The van der Waals surface area contributed by atoms with Gasteiger partial charge >= 0.3 is 0 Å². The van der Waals surface area contributed by atoms with Crippen LogP contribution in [0, 0.1) is 13.8 Å². The third kappa shape index (κ3) is 2.86. The Labute approximate surface area is 105 Å². The Balaban J connectivity index is 2.41. The number of aromatic nitrogens is 3. The van der Waals surface area contributed by atoms with Crippen molar-refractivity contribution in [3.63, 3.8) is 0 Å². The van der Waals surface area contributed by atoms with E-state index in [1.165, 1.54) is 0 Å². The SMILES string of the molecule is Cc1cc(C)nc(N=C(NN)c2cnccn2)c1. The molecular weight excluding hydrogens is 228 g/mol. The van der Waals surface area contributed by atoms with Crippen molar-refractivity contribution in [3.05, 3.63) is 47.7 Å². The van der Waals surface area contributed by atoms with Crippen molar-refractivity contribution in [3.8, 4) is 0 Å². The fourth-order valence-corrected chi connectivity index (χ4v) is 1.58. The fraction of sp³-hybridized carbons (Fsp3) is 0.167. The molecule has 18 heavy (non-hydrogen) atoms. The van der Waals surface area contributed by atoms with E-state index < -0.39 is 0 Å². The van der Waals surface area contributed by atoms with Gasteiger partial charge in [0.1, 0.15) is 5.69 Å². The zero-order valence-electron chi connectivity index (χ0n) is 10.3. The summed E-state index contributed by atoms with van der Waals surface area (Å²) in [6, 6.07) is 3.86. The number of aryl methyl sites for hydroxylation is 2. The third-order valence-electron chi connectivity index (χ3n) is 2.25. The highest BCUT2D eigenvalue weighted by molar-refractivity contribution is 5.97. The van der Waals surface area contributed by atoms with Crippen LogP contribution < -0.4 is 11.3 Å². The van der Waals surface area contributed by atoms with E-state index in [2.05, 4.69) is 25.4 Å². The molecule has 0 saturated carbocycles. The van der Waals surface area contributed by atoms with Gasteiger partial charge in [-0.15, -0.1) is 0 Å². The monoisotopic (exact) mass is 242 g/mol. The molecule has 0 unspecified atom stereocenters. The number of nitrogens with one attached hydrogen (secondary N) is 1. The van der Waals surface area contributed by atoms with E-state index in [0.29, 0.717) is 17.3 Å². The lowest BCUT2D eigenvalue weighted by Gasteiger charge is -2.05. The average Bonchev–Trinajstić information content (AvgIpc) is 2.36. The normalized spacial score (nSPS) is 11.4. The summed E-state index contributed by atoms with van der Waals surface area (Å²) in [6.07, 6.45) is 4.76. The van der Waals surface area contributed by atoms with E-state index >= 15 is 0 Å². The number of amidine groups is 1. The minimum atomic E-state index is 0.431. The lowest BCUT2D eigenvalue weighted by molar-refractivity contribution is 0.999. The predicted octanol–water partition coefficient (Wildman–Crippen LogP) is 1.03. The molecule has 6 nitrogen and oxygen atoms in total. The number of aliphatic imine (C=N–C) groups is 1. The van der Waals surface area contributed by atoms with Crippen LogP contribution in [0.4, 0.5) is 5.82 Å². The molecule has 0 radical (unpaired) electrons. The van der Waals surface area contributed by atoms with Crippen LogP contribution in [0.5, 0.6) is 0 Å². The molecule has 0 fully saturated rings. The first kappa shape index (κ1) is 12.1. The van der Waals surface area contributed by atoms with Crippen molar-refractivity contribution in [2.24, 2.45) is 10.8 Å². The second kappa shape index (κ2) is 5.33. The van der Waals surface area contributed by atoms with Gasteiger partial charge in [0.25, 0.3) is 0 Å². The van der Waals surface area contributed by atoms with Crippen molar-refractivity contribution in [1.82, 2.24) is 20.4 Å². The molecule has 92 valence electrons. The summed E-state index contributed by atoms with van der Waals surface area (Å²) in [5, 5.41) is 0. The zero-order chi connectivity index (χ0) is 13.0. The van der Waals surface area contributed by atoms with Gasteiger partial charge in [-0.05, 0) is 31.5 Å². The molecule has 0 aliphatic rings. The van der Waals surface area contributed by atoms with Gasteiger partial charge in [0.05, 0.1) is 6.20 Å². The van der Waals surface area contributed by atoms with Gasteiger partial charge < -0.3 is 5.43 Å². The standard InChI is InChI=1S/C12H14N6/c1-8-5-9(2)16-11(6-8)17-12(18-13)10-7-14-3-4-15-10/h3-7H,13H2,1-2H3,(H,16,17,18). The maximum absolute atomic E-state index is 5.45. The lowest BCUT2D eigenvalue weighted by atomic mass is 10.2. The number of nitrogens with zero attached hydrogens (tertiary/aromatic N) is 4. The topological polar surface area (TPSA) is 89.1 Å². The van der Waals surface area contributed by atoms with E-state index in [9.17, 15) is 0 Å². The lowest BCUT2D eigenvalue weighted by Crippen LogP contribution is -2.31. The highest BCUT2D eigenvalue weighted by Gasteiger charge is 2.04. The molecule has 0 spiro atoms. The molecule has 3 N–H and O–H groups in total. The van der Waals surface area contributed by atoms with Gasteiger partial charge in [-0.1, -0.05) is 0 Å². The minimum Gasteiger partial charge on any atom is -0.307 e. The molecular formula is C12H14N6. The molecule has 2 aromatic rings. The van der Waals surface area contributed by atoms with Crippen LogP contribution >= 0.6 is 0 Å². The van der Waals surface area contributed by atoms with Gasteiger partial charge in [-0.25, -0.2) is 20.8 Å². The van der Waals surface area contributed by atoms with Crippen molar-refractivity contribution in [2.45, 2.75) is 13.8 Å². The number of hydrazine groups is 1. The minimum absolute atomic E-state index is 0.431. The highest BCUT2D eigenvalue weighted by atomic mass is 15.3. The second-order valence-corrected chi connectivity index (χ2v) is 3.84. The summed E-state index contributed by atoms with van der Waals surface area (Å²) < 4.78 is 0. The maximum atomic E-state index is 5.45. The van der Waals surface area contributed by atoms with Gasteiger partial charge in [0.15, 0.2) is 11.7 Å². The Morgan fingerprint density at radius 3 is 2.72 bits per heavy atom. The second-order valence-electron chi connectivity index (χ2n) is 3.84. The average molecular weight is 242 g/mol. The molecule has 0 aromatic carbocycles. The first-order chi connectivity index (χ1) is 8.69. The van der Waals surface area contributed by atoms with Crippen molar-refractivity contribution in [2.75, 3.05) is 0 Å². The quantitative estimate of drug-likeness (QED) is 0.355. The van der Waals surface area contributed by atoms with Crippen molar-refractivity contribution in [1.29, 1.82) is 0 Å². The van der Waals surface area contributed by atoms with E-state index in [1.807, 2.05) is 26.0 Å². The van der Waals surface area contributed by atoms with Gasteiger partial charge in [0.2, 0.25) is 0 Å². The first-order valence-electron chi connectivity index (χ1n) is 5.46. The Morgan fingerprint density at radius 1 is 1.28 bits per heavy atom. The van der Waals surface area contributed by atoms with Crippen LogP contribution in [0.3, 0.4) is 0 Å². The van der Waals surface area contributed by atoms with Crippen LogP contribution in [-0.2, 0) is 0 Å². The van der Waals surface area contributed by atoms with E-state index in [1.54, 1.807) is 18.6 Å². The Kier molecular flexibility index (Phi) is 3.59. The summed E-state index contributed by atoms with van der Waals surface area (Å²) in [6.45, 7) is 3.91. The van der Waals surface area contributed by atoms with Crippen molar-refractivity contribution < 1.29 is 0 Å². The van der Waals surface area contributed by atoms with Gasteiger partial charge in [-0.3, -0.25) is 4.98 Å². The largest absolute Gasteiger partial charge is 0.307 e. The number of hydrogen-bond acceptors (Lipinski definition) is 5. The Hall–Kier alpha value is -2.34. The molecule has 0 atom stereocenters. The maximum Gasteiger partial charge on any atom is 0.170 e. The summed E-state index contributed by atoms with van der Waals surface area (Å²) >= 11 is 0. The number of rotatable bonds is 2. The first-order valence-corrected chi connectivity index (χ1v) is 5.46. The number of hydrogen-bond donors (Lipinski definition) is 2. The molecule has 2 aromatic heterocycles. The summed E-state index contributed by atoms with van der Waals surface area (Å²) in [7, 11) is 0. The zero-order valence-corrected chi connectivity index (χ0v) is 10.3. The Bertz CT molecular complexity index is 544. The molecule has 0 saturated heterocycles. The molecule has 6 heteroatoms. The van der Waals surface area contributed by atoms with Crippen LogP contribution in [0.1, 0.15) is 17.0 Å². The molecule has 0 aliphatic carbocycles. The van der Waals surface area contributed by atoms with Crippen molar-refractivity contribution >= 4 is 11.7 Å². The summed E-state index contributed by atoms with van der Waals surface area (Å²) in [5.41, 5.74) is 5.08. The number of pyridine rings is 1. The Morgan fingerprint density at radius 2 is 2.11 bits per heavy atom. The molecule has 2 rings (SSSR count). The van der Waals surface area contributed by atoms with E-state index in [-0.39, 0.29) is 0 Å². The van der Waals surface area contributed by atoms with Crippen LogP contribution in [0.25, 0.3) is 0 Å². The molecule has 0 bridgehead atoms. The smallest absolute Gasteiger partial charge is 0.170 e. The summed E-state index contributed by atoms with van der Waals surface area (Å²) in [5.74, 6) is 6.47. The molecule has 0 aliphatic heterocycles. The van der Waals surface area contributed by atoms with Gasteiger partial charge in [0, 0.05) is 18.1 Å².